The predicted molar refractivity (Wildman–Crippen MR) is 63.5 cm³/mol. The zero-order valence-corrected chi connectivity index (χ0v) is 10.6. The summed E-state index contributed by atoms with van der Waals surface area (Å²) < 4.78 is 22.8. The van der Waals surface area contributed by atoms with Crippen LogP contribution in [-0.2, 0) is 9.84 Å². The maximum absolute atomic E-state index is 11.4. The van der Waals surface area contributed by atoms with Crippen molar-refractivity contribution in [3.05, 3.63) is 0 Å². The van der Waals surface area contributed by atoms with Gasteiger partial charge in [-0.15, -0.1) is 0 Å². The molecular weight excluding hydrogens is 210 g/mol. The van der Waals surface area contributed by atoms with Crippen LogP contribution in [0.5, 0.6) is 0 Å². The molecule has 1 aliphatic rings. The fourth-order valence-electron chi connectivity index (χ4n) is 2.42. The van der Waals surface area contributed by atoms with Gasteiger partial charge in [0.15, 0.2) is 9.84 Å². The van der Waals surface area contributed by atoms with Gasteiger partial charge in [0.2, 0.25) is 0 Å². The molecule has 2 atom stereocenters. The van der Waals surface area contributed by atoms with Crippen LogP contribution in [0.1, 0.15) is 46.0 Å². The van der Waals surface area contributed by atoms with E-state index >= 15 is 0 Å². The van der Waals surface area contributed by atoms with E-state index < -0.39 is 9.84 Å². The lowest BCUT2D eigenvalue weighted by Gasteiger charge is -2.34. The molecule has 15 heavy (non-hydrogen) atoms. The average molecular weight is 233 g/mol. The van der Waals surface area contributed by atoms with Crippen molar-refractivity contribution in [2.24, 2.45) is 11.7 Å². The highest BCUT2D eigenvalue weighted by Crippen LogP contribution is 2.33. The van der Waals surface area contributed by atoms with Crippen LogP contribution in [0, 0.1) is 5.92 Å². The molecule has 0 spiro atoms. The van der Waals surface area contributed by atoms with Gasteiger partial charge in [-0.3, -0.25) is 0 Å². The highest BCUT2D eigenvalue weighted by atomic mass is 32.2. The van der Waals surface area contributed by atoms with Crippen LogP contribution in [0.2, 0.25) is 0 Å². The van der Waals surface area contributed by atoms with Gasteiger partial charge in [0, 0.05) is 5.54 Å². The van der Waals surface area contributed by atoms with Gasteiger partial charge in [-0.25, -0.2) is 8.42 Å². The van der Waals surface area contributed by atoms with Gasteiger partial charge >= 0.3 is 0 Å². The third-order valence-corrected chi connectivity index (χ3v) is 5.47. The molecule has 2 unspecified atom stereocenters. The zero-order chi connectivity index (χ0) is 11.5. The third-order valence-electron chi connectivity index (χ3n) is 3.70. The van der Waals surface area contributed by atoms with Gasteiger partial charge in [0.25, 0.3) is 0 Å². The molecule has 0 saturated carbocycles. The minimum Gasteiger partial charge on any atom is -0.325 e. The Labute approximate surface area is 93.3 Å². The lowest BCUT2D eigenvalue weighted by Crippen LogP contribution is -2.47. The second kappa shape index (κ2) is 4.83. The van der Waals surface area contributed by atoms with Crippen LogP contribution >= 0.6 is 0 Å². The van der Waals surface area contributed by atoms with Crippen LogP contribution in [0.4, 0.5) is 0 Å². The number of nitrogens with two attached hydrogens (primary N) is 1. The minimum absolute atomic E-state index is 0.180. The van der Waals surface area contributed by atoms with Crippen molar-refractivity contribution in [3.63, 3.8) is 0 Å². The number of hydrogen-bond donors (Lipinski definition) is 1. The van der Waals surface area contributed by atoms with Gasteiger partial charge in [0.1, 0.15) is 0 Å². The third kappa shape index (κ3) is 3.18. The molecule has 1 aliphatic heterocycles. The first kappa shape index (κ1) is 13.0. The van der Waals surface area contributed by atoms with Crippen molar-refractivity contribution in [2.75, 3.05) is 11.5 Å². The second-order valence-electron chi connectivity index (χ2n) is 4.79. The molecule has 1 fully saturated rings. The summed E-state index contributed by atoms with van der Waals surface area (Å²) in [7, 11) is -2.79. The van der Waals surface area contributed by atoms with Crippen LogP contribution in [-0.4, -0.2) is 25.5 Å². The van der Waals surface area contributed by atoms with Crippen LogP contribution < -0.4 is 5.73 Å². The Morgan fingerprint density at radius 3 is 2.47 bits per heavy atom. The van der Waals surface area contributed by atoms with Crippen LogP contribution in [0.3, 0.4) is 0 Å². The van der Waals surface area contributed by atoms with Gasteiger partial charge in [-0.2, -0.15) is 0 Å². The first-order chi connectivity index (χ1) is 6.93. The molecule has 0 aliphatic carbocycles. The fraction of sp³-hybridized carbons (Fsp3) is 1.00. The molecule has 3 nitrogen and oxygen atoms in total. The standard InChI is InChI=1S/C11H23NO2S/c1-3-5-7-11(12,4-2)10-6-8-15(13,14)9-10/h10H,3-9,12H2,1-2H3. The van der Waals surface area contributed by atoms with Crippen LogP contribution in [0.25, 0.3) is 0 Å². The van der Waals surface area contributed by atoms with E-state index in [-0.39, 0.29) is 11.5 Å². The molecule has 2 N–H and O–H groups in total. The quantitative estimate of drug-likeness (QED) is 0.786. The Morgan fingerprint density at radius 1 is 1.40 bits per heavy atom. The minimum atomic E-state index is -2.79. The molecular formula is C11H23NO2S. The smallest absolute Gasteiger partial charge is 0.150 e. The summed E-state index contributed by atoms with van der Waals surface area (Å²) in [5.74, 6) is 0.822. The van der Waals surface area contributed by atoms with E-state index in [0.29, 0.717) is 11.5 Å². The lowest BCUT2D eigenvalue weighted by atomic mass is 9.78. The summed E-state index contributed by atoms with van der Waals surface area (Å²) in [6.07, 6.45) is 4.82. The van der Waals surface area contributed by atoms with Gasteiger partial charge in [-0.1, -0.05) is 26.7 Å². The van der Waals surface area contributed by atoms with Gasteiger partial charge in [0.05, 0.1) is 11.5 Å². The maximum Gasteiger partial charge on any atom is 0.150 e. The predicted octanol–water partition coefficient (Wildman–Crippen LogP) is 1.72. The highest BCUT2D eigenvalue weighted by molar-refractivity contribution is 7.91. The summed E-state index contributed by atoms with van der Waals surface area (Å²) in [5, 5.41) is 0. The molecule has 0 bridgehead atoms. The summed E-state index contributed by atoms with van der Waals surface area (Å²) in [6.45, 7) is 4.21. The molecule has 1 heterocycles. The first-order valence-corrected chi connectivity index (χ1v) is 7.75. The number of hydrogen-bond acceptors (Lipinski definition) is 3. The van der Waals surface area contributed by atoms with E-state index in [1.54, 1.807) is 0 Å². The number of unbranched alkanes of at least 4 members (excludes halogenated alkanes) is 1. The van der Waals surface area contributed by atoms with E-state index in [2.05, 4.69) is 13.8 Å². The van der Waals surface area contributed by atoms with Crippen LogP contribution in [0.15, 0.2) is 0 Å². The summed E-state index contributed by atoms with van der Waals surface area (Å²) in [4.78, 5) is 0. The monoisotopic (exact) mass is 233 g/mol. The Bertz CT molecular complexity index is 300. The highest BCUT2D eigenvalue weighted by Gasteiger charge is 2.40. The Balaban J connectivity index is 2.66. The van der Waals surface area contributed by atoms with E-state index in [0.717, 1.165) is 32.1 Å². The van der Waals surface area contributed by atoms with Gasteiger partial charge < -0.3 is 5.73 Å². The van der Waals surface area contributed by atoms with Crippen molar-refractivity contribution in [3.8, 4) is 0 Å². The molecule has 4 heteroatoms. The SMILES string of the molecule is CCCCC(N)(CC)C1CCS(=O)(=O)C1. The van der Waals surface area contributed by atoms with Crippen molar-refractivity contribution in [2.45, 2.75) is 51.5 Å². The van der Waals surface area contributed by atoms with Crippen molar-refractivity contribution in [1.82, 2.24) is 0 Å². The largest absolute Gasteiger partial charge is 0.325 e. The summed E-state index contributed by atoms with van der Waals surface area (Å²) in [6, 6.07) is 0. The molecule has 1 rings (SSSR count). The maximum atomic E-state index is 11.4. The number of sulfone groups is 1. The molecule has 0 aromatic rings. The second-order valence-corrected chi connectivity index (χ2v) is 7.02. The van der Waals surface area contributed by atoms with E-state index in [9.17, 15) is 8.42 Å². The number of rotatable bonds is 5. The molecule has 1 saturated heterocycles. The normalized spacial score (nSPS) is 28.9. The zero-order valence-electron chi connectivity index (χ0n) is 9.83. The molecule has 0 amide bonds. The van der Waals surface area contributed by atoms with E-state index in [1.165, 1.54) is 0 Å². The summed E-state index contributed by atoms with van der Waals surface area (Å²) in [5.41, 5.74) is 6.09. The topological polar surface area (TPSA) is 60.2 Å². The fourth-order valence-corrected chi connectivity index (χ4v) is 4.35. The molecule has 0 aromatic carbocycles. The van der Waals surface area contributed by atoms with Gasteiger partial charge in [-0.05, 0) is 25.2 Å². The Hall–Kier alpha value is -0.0900. The Morgan fingerprint density at radius 2 is 2.07 bits per heavy atom. The Kier molecular flexibility index (Phi) is 4.18. The lowest BCUT2D eigenvalue weighted by molar-refractivity contribution is 0.258. The van der Waals surface area contributed by atoms with Crippen molar-refractivity contribution in [1.29, 1.82) is 0 Å². The molecule has 0 radical (unpaired) electrons. The van der Waals surface area contributed by atoms with E-state index in [1.807, 2.05) is 0 Å². The van der Waals surface area contributed by atoms with Crippen molar-refractivity contribution >= 4 is 9.84 Å². The van der Waals surface area contributed by atoms with Crippen molar-refractivity contribution < 1.29 is 8.42 Å². The molecule has 90 valence electrons. The average Bonchev–Trinajstić information content (AvgIpc) is 2.56. The first-order valence-electron chi connectivity index (χ1n) is 5.93. The van der Waals surface area contributed by atoms with E-state index in [4.69, 9.17) is 5.73 Å². The molecule has 0 aromatic heterocycles. The summed E-state index contributed by atoms with van der Waals surface area (Å²) >= 11 is 0.